The number of carboxylic acids is 1. The van der Waals surface area contributed by atoms with Gasteiger partial charge in [-0.1, -0.05) is 6.07 Å². The molecule has 1 aromatic rings. The van der Waals surface area contributed by atoms with Gasteiger partial charge in [0.1, 0.15) is 5.75 Å². The Hall–Kier alpha value is -2.93. The normalized spacial score (nSPS) is 21.9. The summed E-state index contributed by atoms with van der Waals surface area (Å²) in [5.74, 6) is -0.984. The van der Waals surface area contributed by atoms with Crippen LogP contribution in [0.1, 0.15) is 32.3 Å². The third-order valence-corrected chi connectivity index (χ3v) is 4.87. The zero-order chi connectivity index (χ0) is 19.7. The first-order valence-electron chi connectivity index (χ1n) is 8.82. The van der Waals surface area contributed by atoms with Crippen LogP contribution in [0.2, 0.25) is 0 Å². The molecule has 2 heterocycles. The lowest BCUT2D eigenvalue weighted by Gasteiger charge is -2.38. The number of methoxy groups -OCH3 is 1. The minimum Gasteiger partial charge on any atom is -0.496 e. The Morgan fingerprint density at radius 3 is 2.70 bits per heavy atom. The van der Waals surface area contributed by atoms with Crippen LogP contribution in [0.5, 0.6) is 5.75 Å². The maximum Gasteiger partial charge on any atom is 0.334 e. The molecule has 2 aliphatic heterocycles. The highest BCUT2D eigenvalue weighted by Crippen LogP contribution is 2.45. The van der Waals surface area contributed by atoms with Gasteiger partial charge in [-0.2, -0.15) is 0 Å². The topological polar surface area (TPSA) is 106 Å². The van der Waals surface area contributed by atoms with Crippen molar-refractivity contribution in [1.82, 2.24) is 10.6 Å². The summed E-state index contributed by atoms with van der Waals surface area (Å²) in [4.78, 5) is 12.2. The molecule has 0 saturated heterocycles. The Kier molecular flexibility index (Phi) is 5.14. The second kappa shape index (κ2) is 7.36. The largest absolute Gasteiger partial charge is 0.496 e. The number of rotatable bonds is 5. The van der Waals surface area contributed by atoms with E-state index >= 15 is 0 Å². The fourth-order valence-electron chi connectivity index (χ4n) is 3.69. The molecular weight excluding hydrogens is 346 g/mol. The number of dihydropyridines is 2. The van der Waals surface area contributed by atoms with E-state index in [0.717, 1.165) is 22.4 Å². The van der Waals surface area contributed by atoms with Gasteiger partial charge in [-0.25, -0.2) is 4.79 Å². The van der Waals surface area contributed by atoms with Crippen molar-refractivity contribution < 1.29 is 19.4 Å². The molecule has 2 unspecified atom stereocenters. The van der Waals surface area contributed by atoms with E-state index in [2.05, 4.69) is 10.6 Å². The number of carbonyl (C=O) groups is 1. The summed E-state index contributed by atoms with van der Waals surface area (Å²) in [7, 11) is 1.55. The van der Waals surface area contributed by atoms with Gasteiger partial charge < -0.3 is 30.9 Å². The quantitative estimate of drug-likeness (QED) is 0.589. The smallest absolute Gasteiger partial charge is 0.334 e. The minimum atomic E-state index is -0.988. The maximum absolute atomic E-state index is 12.2. The Morgan fingerprint density at radius 2 is 2.07 bits per heavy atom. The van der Waals surface area contributed by atoms with E-state index in [0.29, 0.717) is 23.7 Å². The molecule has 0 spiro atoms. The van der Waals surface area contributed by atoms with Gasteiger partial charge in [-0.05, 0) is 32.4 Å². The molecule has 0 fully saturated rings. The molecule has 0 radical (unpaired) electrons. The van der Waals surface area contributed by atoms with Gasteiger partial charge in [0.25, 0.3) is 0 Å². The van der Waals surface area contributed by atoms with Gasteiger partial charge in [0.15, 0.2) is 6.23 Å². The highest BCUT2D eigenvalue weighted by atomic mass is 16.5. The Balaban J connectivity index is 2.28. The number of carboxylic acid groups (broad SMARTS) is 1. The van der Waals surface area contributed by atoms with Crippen molar-refractivity contribution in [2.75, 3.05) is 19.5 Å². The summed E-state index contributed by atoms with van der Waals surface area (Å²) in [6, 6.07) is 5.28. The number of allylic oxidation sites excluding steroid dienone is 2. The average Bonchev–Trinajstić information content (AvgIpc) is 2.63. The van der Waals surface area contributed by atoms with Crippen molar-refractivity contribution in [1.29, 1.82) is 0 Å². The third-order valence-electron chi connectivity index (χ3n) is 4.87. The van der Waals surface area contributed by atoms with Gasteiger partial charge in [-0.15, -0.1) is 0 Å². The first-order valence-corrected chi connectivity index (χ1v) is 8.82. The van der Waals surface area contributed by atoms with E-state index in [9.17, 15) is 9.90 Å². The van der Waals surface area contributed by atoms with Crippen LogP contribution < -0.4 is 21.1 Å². The summed E-state index contributed by atoms with van der Waals surface area (Å²) >= 11 is 0. The molecule has 27 heavy (non-hydrogen) atoms. The number of benzene rings is 1. The van der Waals surface area contributed by atoms with Gasteiger partial charge >= 0.3 is 5.97 Å². The van der Waals surface area contributed by atoms with Crippen LogP contribution in [0.3, 0.4) is 0 Å². The fourth-order valence-corrected chi connectivity index (χ4v) is 3.69. The molecule has 2 aliphatic rings. The highest BCUT2D eigenvalue weighted by molar-refractivity contribution is 5.91. The highest BCUT2D eigenvalue weighted by Gasteiger charge is 2.40. The van der Waals surface area contributed by atoms with Gasteiger partial charge in [0.05, 0.1) is 12.7 Å². The lowest BCUT2D eigenvalue weighted by Crippen LogP contribution is -2.42. The van der Waals surface area contributed by atoms with Gasteiger partial charge in [0.2, 0.25) is 0 Å². The Labute approximate surface area is 158 Å². The molecule has 0 aromatic heterocycles. The summed E-state index contributed by atoms with van der Waals surface area (Å²) in [5.41, 5.74) is 10.7. The van der Waals surface area contributed by atoms with Crippen LogP contribution in [-0.2, 0) is 9.53 Å². The SMILES string of the molecule is CCOC1NC=C(C)C2=C1C(c1ccc(N)cc1OC)C(C(=O)O)=C(C)N2. The van der Waals surface area contributed by atoms with Crippen molar-refractivity contribution in [2.45, 2.75) is 32.9 Å². The second-order valence-corrected chi connectivity index (χ2v) is 6.56. The molecule has 7 nitrogen and oxygen atoms in total. The molecule has 2 atom stereocenters. The van der Waals surface area contributed by atoms with E-state index in [1.54, 1.807) is 26.2 Å². The van der Waals surface area contributed by atoms with Crippen molar-refractivity contribution in [3.05, 3.63) is 58.1 Å². The lowest BCUT2D eigenvalue weighted by atomic mass is 9.77. The summed E-state index contributed by atoms with van der Waals surface area (Å²) in [6.45, 7) is 6.13. The molecule has 3 rings (SSSR count). The number of ether oxygens (including phenoxy) is 2. The van der Waals surface area contributed by atoms with Crippen molar-refractivity contribution in [2.24, 2.45) is 0 Å². The molecule has 144 valence electrons. The fraction of sp³-hybridized carbons (Fsp3) is 0.350. The van der Waals surface area contributed by atoms with E-state index < -0.39 is 18.1 Å². The number of aliphatic carboxylic acids is 1. The minimum absolute atomic E-state index is 0.262. The zero-order valence-electron chi connectivity index (χ0n) is 15.9. The Morgan fingerprint density at radius 1 is 1.33 bits per heavy atom. The summed E-state index contributed by atoms with van der Waals surface area (Å²) in [5, 5.41) is 16.5. The van der Waals surface area contributed by atoms with Crippen LogP contribution in [-0.4, -0.2) is 31.0 Å². The standard InChI is InChI=1S/C20H25N3O4/c1-5-27-19-17-16(13-7-6-12(21)8-14(13)26-4)15(20(24)25)11(3)23-18(17)10(2)9-22-19/h6-9,16,19,22-23H,5,21H2,1-4H3,(H,24,25). The van der Waals surface area contributed by atoms with Crippen molar-refractivity contribution in [3.63, 3.8) is 0 Å². The molecular formula is C20H25N3O4. The number of nitrogen functional groups attached to an aromatic ring is 1. The van der Waals surface area contributed by atoms with Crippen molar-refractivity contribution in [3.8, 4) is 5.75 Å². The van der Waals surface area contributed by atoms with Crippen LogP contribution in [0.25, 0.3) is 0 Å². The van der Waals surface area contributed by atoms with Gasteiger partial charge in [0, 0.05) is 53.0 Å². The molecule has 1 aromatic carbocycles. The van der Waals surface area contributed by atoms with Crippen LogP contribution >= 0.6 is 0 Å². The number of nitrogens with one attached hydrogen (secondary N) is 2. The van der Waals surface area contributed by atoms with E-state index in [-0.39, 0.29) is 5.57 Å². The number of hydrogen-bond donors (Lipinski definition) is 4. The predicted octanol–water partition coefficient (Wildman–Crippen LogP) is 2.45. The Bertz CT molecular complexity index is 870. The predicted molar refractivity (Wildman–Crippen MR) is 103 cm³/mol. The van der Waals surface area contributed by atoms with Crippen molar-refractivity contribution >= 4 is 11.7 Å². The number of nitrogens with two attached hydrogens (primary N) is 1. The molecule has 5 N–H and O–H groups in total. The van der Waals surface area contributed by atoms with Gasteiger partial charge in [-0.3, -0.25) is 0 Å². The third kappa shape index (κ3) is 3.26. The van der Waals surface area contributed by atoms with Crippen LogP contribution in [0.15, 0.2) is 52.5 Å². The molecule has 0 aliphatic carbocycles. The summed E-state index contributed by atoms with van der Waals surface area (Å²) in [6.07, 6.45) is 1.43. The number of anilines is 1. The van der Waals surface area contributed by atoms with E-state index in [1.807, 2.05) is 26.1 Å². The first kappa shape index (κ1) is 18.8. The first-order chi connectivity index (χ1) is 12.9. The van der Waals surface area contributed by atoms with E-state index in [1.165, 1.54) is 0 Å². The second-order valence-electron chi connectivity index (χ2n) is 6.56. The summed E-state index contributed by atoms with van der Waals surface area (Å²) < 4.78 is 11.4. The average molecular weight is 371 g/mol. The van der Waals surface area contributed by atoms with E-state index in [4.69, 9.17) is 15.2 Å². The number of hydrogen-bond acceptors (Lipinski definition) is 6. The monoisotopic (exact) mass is 371 g/mol. The maximum atomic E-state index is 12.2. The zero-order valence-corrected chi connectivity index (χ0v) is 15.9. The van der Waals surface area contributed by atoms with Crippen LogP contribution in [0, 0.1) is 0 Å². The molecule has 0 saturated carbocycles. The molecule has 0 amide bonds. The molecule has 7 heteroatoms. The van der Waals surface area contributed by atoms with Crippen LogP contribution in [0.4, 0.5) is 5.69 Å². The molecule has 0 bridgehead atoms. The lowest BCUT2D eigenvalue weighted by molar-refractivity contribution is -0.133.